The molecule has 7 heteroatoms. The van der Waals surface area contributed by atoms with Crippen molar-refractivity contribution >= 4 is 17.6 Å². The molecule has 2 aromatic carbocycles. The lowest BCUT2D eigenvalue weighted by molar-refractivity contribution is -0.143. The Kier molecular flexibility index (Phi) is 10.2. The van der Waals surface area contributed by atoms with Gasteiger partial charge in [0, 0.05) is 25.1 Å². The fraction of sp³-hybridized carbons (Fsp3) is 0.357. The molecule has 0 radical (unpaired) electrons. The van der Waals surface area contributed by atoms with Gasteiger partial charge in [0.15, 0.2) is 5.75 Å². The highest BCUT2D eigenvalue weighted by atomic mass is 35.5. The second-order valence-electron chi connectivity index (χ2n) is 8.03. The third kappa shape index (κ3) is 8.48. The molecule has 1 atom stereocenters. The molecule has 35 heavy (non-hydrogen) atoms. The maximum Gasteiger partial charge on any atom is 0.306 e. The molecule has 3 aromatic rings. The molecular formula is C28H32ClNO5. The second kappa shape index (κ2) is 13.6. The smallest absolute Gasteiger partial charge is 0.306 e. The topological polar surface area (TPSA) is 66.9 Å². The first-order chi connectivity index (χ1) is 17.0. The van der Waals surface area contributed by atoms with Crippen LogP contribution in [0.15, 0.2) is 60.8 Å². The van der Waals surface area contributed by atoms with Crippen molar-refractivity contribution in [1.82, 2.24) is 4.98 Å². The number of carbonyl (C=O) groups excluding carboxylic acids is 1. The van der Waals surface area contributed by atoms with E-state index in [1.165, 1.54) is 11.8 Å². The maximum absolute atomic E-state index is 11.7. The summed E-state index contributed by atoms with van der Waals surface area (Å²) in [6.07, 6.45) is 3.94. The van der Waals surface area contributed by atoms with Crippen LogP contribution in [0.1, 0.15) is 44.7 Å². The van der Waals surface area contributed by atoms with E-state index in [9.17, 15) is 4.79 Å². The molecule has 186 valence electrons. The van der Waals surface area contributed by atoms with Crippen molar-refractivity contribution in [3.05, 3.63) is 76.9 Å². The van der Waals surface area contributed by atoms with Gasteiger partial charge in [-0.3, -0.25) is 4.79 Å². The standard InChI is InChI=1S/C28H32ClNO5/c1-4-21-17-25(13-11-22(21)12-14-27(31)32-5-2)33-16-15-20(3)34-28-26(18-23(29)19-30-28)35-24-9-7-6-8-10-24/h6-11,13,17-20H,4-5,12,14-16H2,1-3H3. The fourth-order valence-corrected chi connectivity index (χ4v) is 3.66. The van der Waals surface area contributed by atoms with Crippen LogP contribution in [0.25, 0.3) is 0 Å². The normalized spacial score (nSPS) is 11.5. The summed E-state index contributed by atoms with van der Waals surface area (Å²) in [4.78, 5) is 16.0. The number of carbonyl (C=O) groups is 1. The molecule has 0 fully saturated rings. The van der Waals surface area contributed by atoms with Crippen LogP contribution in [-0.4, -0.2) is 30.3 Å². The third-order valence-electron chi connectivity index (χ3n) is 5.32. The Morgan fingerprint density at radius 2 is 1.83 bits per heavy atom. The van der Waals surface area contributed by atoms with Crippen molar-refractivity contribution in [2.75, 3.05) is 13.2 Å². The summed E-state index contributed by atoms with van der Waals surface area (Å²) in [5.74, 6) is 2.14. The predicted octanol–water partition coefficient (Wildman–Crippen LogP) is 6.82. The average molecular weight is 498 g/mol. The number of nitrogens with zero attached hydrogens (tertiary/aromatic N) is 1. The van der Waals surface area contributed by atoms with Crippen LogP contribution in [-0.2, 0) is 22.4 Å². The number of esters is 1. The van der Waals surface area contributed by atoms with E-state index in [1.54, 1.807) is 6.07 Å². The fourth-order valence-electron chi connectivity index (χ4n) is 3.51. The SMILES string of the molecule is CCOC(=O)CCc1ccc(OCCC(C)Oc2ncc(Cl)cc2Oc2ccccc2)cc1CC. The highest BCUT2D eigenvalue weighted by Gasteiger charge is 2.14. The number of para-hydroxylation sites is 1. The Morgan fingerprint density at radius 3 is 2.57 bits per heavy atom. The molecule has 6 nitrogen and oxygen atoms in total. The van der Waals surface area contributed by atoms with E-state index < -0.39 is 0 Å². The predicted molar refractivity (Wildman–Crippen MR) is 137 cm³/mol. The van der Waals surface area contributed by atoms with Crippen LogP contribution in [0.2, 0.25) is 5.02 Å². The molecule has 1 unspecified atom stereocenters. The van der Waals surface area contributed by atoms with Gasteiger partial charge >= 0.3 is 5.97 Å². The molecule has 0 spiro atoms. The minimum Gasteiger partial charge on any atom is -0.493 e. The minimum atomic E-state index is -0.170. The summed E-state index contributed by atoms with van der Waals surface area (Å²) in [7, 11) is 0. The van der Waals surface area contributed by atoms with Gasteiger partial charge in [-0.1, -0.05) is 42.8 Å². The van der Waals surface area contributed by atoms with Gasteiger partial charge in [0.25, 0.3) is 5.88 Å². The highest BCUT2D eigenvalue weighted by molar-refractivity contribution is 6.30. The Bertz CT molecular complexity index is 1090. The van der Waals surface area contributed by atoms with E-state index in [2.05, 4.69) is 11.9 Å². The molecule has 1 heterocycles. The van der Waals surface area contributed by atoms with E-state index >= 15 is 0 Å². The molecule has 0 aliphatic carbocycles. The van der Waals surface area contributed by atoms with E-state index in [4.69, 9.17) is 30.5 Å². The first-order valence-corrected chi connectivity index (χ1v) is 12.3. The van der Waals surface area contributed by atoms with Crippen molar-refractivity contribution in [3.63, 3.8) is 0 Å². The van der Waals surface area contributed by atoms with E-state index in [0.717, 1.165) is 17.7 Å². The van der Waals surface area contributed by atoms with Gasteiger partial charge < -0.3 is 18.9 Å². The molecule has 0 bridgehead atoms. The van der Waals surface area contributed by atoms with Crippen molar-refractivity contribution in [1.29, 1.82) is 0 Å². The largest absolute Gasteiger partial charge is 0.493 e. The number of aryl methyl sites for hydroxylation is 2. The Balaban J connectivity index is 1.53. The first-order valence-electron chi connectivity index (χ1n) is 11.9. The zero-order valence-corrected chi connectivity index (χ0v) is 21.2. The van der Waals surface area contributed by atoms with Crippen LogP contribution in [0.5, 0.6) is 23.1 Å². The number of aromatic nitrogens is 1. The van der Waals surface area contributed by atoms with Gasteiger partial charge in [-0.05, 0) is 62.1 Å². The molecule has 0 aliphatic rings. The van der Waals surface area contributed by atoms with Crippen LogP contribution in [0.3, 0.4) is 0 Å². The lowest BCUT2D eigenvalue weighted by Crippen LogP contribution is -2.17. The molecule has 0 saturated heterocycles. The number of hydrogen-bond donors (Lipinski definition) is 0. The number of hydrogen-bond acceptors (Lipinski definition) is 6. The third-order valence-corrected chi connectivity index (χ3v) is 5.53. The molecule has 0 saturated carbocycles. The number of benzene rings is 2. The van der Waals surface area contributed by atoms with Crippen LogP contribution in [0.4, 0.5) is 0 Å². The van der Waals surface area contributed by atoms with Crippen molar-refractivity contribution < 1.29 is 23.7 Å². The summed E-state index contributed by atoms with van der Waals surface area (Å²) in [6, 6.07) is 17.1. The van der Waals surface area contributed by atoms with Gasteiger partial charge in [-0.2, -0.15) is 0 Å². The average Bonchev–Trinajstić information content (AvgIpc) is 2.85. The molecule has 1 aromatic heterocycles. The highest BCUT2D eigenvalue weighted by Crippen LogP contribution is 2.32. The summed E-state index contributed by atoms with van der Waals surface area (Å²) in [5.41, 5.74) is 2.31. The minimum absolute atomic E-state index is 0.156. The van der Waals surface area contributed by atoms with E-state index in [1.807, 2.05) is 62.4 Å². The monoisotopic (exact) mass is 497 g/mol. The van der Waals surface area contributed by atoms with Gasteiger partial charge in [0.2, 0.25) is 0 Å². The van der Waals surface area contributed by atoms with E-state index in [-0.39, 0.29) is 12.1 Å². The molecule has 0 N–H and O–H groups in total. The van der Waals surface area contributed by atoms with Crippen LogP contribution < -0.4 is 14.2 Å². The zero-order valence-electron chi connectivity index (χ0n) is 20.5. The van der Waals surface area contributed by atoms with Crippen molar-refractivity contribution in [2.45, 2.75) is 52.6 Å². The van der Waals surface area contributed by atoms with Crippen LogP contribution in [0, 0.1) is 0 Å². The van der Waals surface area contributed by atoms with Crippen molar-refractivity contribution in [3.8, 4) is 23.1 Å². The van der Waals surface area contributed by atoms with Gasteiger partial charge in [-0.25, -0.2) is 4.98 Å². The first kappa shape index (κ1) is 26.4. The molecule has 3 rings (SSSR count). The van der Waals surface area contributed by atoms with Gasteiger partial charge in [0.1, 0.15) is 17.6 Å². The number of halogens is 1. The zero-order chi connectivity index (χ0) is 25.0. The Morgan fingerprint density at radius 1 is 1.03 bits per heavy atom. The quantitative estimate of drug-likeness (QED) is 0.241. The van der Waals surface area contributed by atoms with Gasteiger partial charge in [-0.15, -0.1) is 0 Å². The number of ether oxygens (including phenoxy) is 4. The molecule has 0 amide bonds. The Labute approximate surface area is 212 Å². The lowest BCUT2D eigenvalue weighted by Gasteiger charge is -2.17. The lowest BCUT2D eigenvalue weighted by atomic mass is 10.0. The van der Waals surface area contributed by atoms with E-state index in [0.29, 0.717) is 54.9 Å². The number of pyridine rings is 1. The van der Waals surface area contributed by atoms with Crippen molar-refractivity contribution in [2.24, 2.45) is 0 Å². The molecular weight excluding hydrogens is 466 g/mol. The summed E-state index contributed by atoms with van der Waals surface area (Å²) >= 11 is 6.12. The second-order valence-corrected chi connectivity index (χ2v) is 8.46. The maximum atomic E-state index is 11.7. The number of rotatable bonds is 13. The molecule has 0 aliphatic heterocycles. The van der Waals surface area contributed by atoms with Crippen LogP contribution >= 0.6 is 11.6 Å². The Hall–Kier alpha value is -3.25. The summed E-state index contributed by atoms with van der Waals surface area (Å²) in [6.45, 7) is 6.76. The van der Waals surface area contributed by atoms with Gasteiger partial charge in [0.05, 0.1) is 18.2 Å². The summed E-state index contributed by atoms with van der Waals surface area (Å²) in [5, 5.41) is 0.469. The summed E-state index contributed by atoms with van der Waals surface area (Å²) < 4.78 is 23.0.